The van der Waals surface area contributed by atoms with E-state index in [1.54, 1.807) is 20.9 Å². The zero-order chi connectivity index (χ0) is 17.9. The molecule has 1 heterocycles. The SMILES string of the molecule is Cc1ccc(CN(C)C(=O)COC(=O)c2c(C)noc2C)c(C)c1. The molecule has 0 aliphatic carbocycles. The summed E-state index contributed by atoms with van der Waals surface area (Å²) in [7, 11) is 1.69. The quantitative estimate of drug-likeness (QED) is 0.788. The Labute approximate surface area is 141 Å². The van der Waals surface area contributed by atoms with Crippen LogP contribution < -0.4 is 0 Å². The first kappa shape index (κ1) is 17.7. The molecule has 0 fully saturated rings. The van der Waals surface area contributed by atoms with Crippen LogP contribution >= 0.6 is 0 Å². The molecule has 2 rings (SSSR count). The third-order valence-corrected chi connectivity index (χ3v) is 3.90. The van der Waals surface area contributed by atoms with E-state index in [2.05, 4.69) is 11.2 Å². The smallest absolute Gasteiger partial charge is 0.344 e. The van der Waals surface area contributed by atoms with E-state index in [1.165, 1.54) is 10.5 Å². The van der Waals surface area contributed by atoms with Crippen LogP contribution in [0.1, 0.15) is 38.5 Å². The molecule has 0 bridgehead atoms. The van der Waals surface area contributed by atoms with Crippen LogP contribution in [0.15, 0.2) is 22.7 Å². The largest absolute Gasteiger partial charge is 0.452 e. The topological polar surface area (TPSA) is 72.6 Å². The Morgan fingerprint density at radius 1 is 1.21 bits per heavy atom. The molecule has 6 heteroatoms. The van der Waals surface area contributed by atoms with Gasteiger partial charge in [0.2, 0.25) is 0 Å². The number of aryl methyl sites for hydroxylation is 4. The summed E-state index contributed by atoms with van der Waals surface area (Å²) in [5.74, 6) is -0.483. The van der Waals surface area contributed by atoms with Gasteiger partial charge in [-0.2, -0.15) is 0 Å². The lowest BCUT2D eigenvalue weighted by Crippen LogP contribution is -2.31. The lowest BCUT2D eigenvalue weighted by molar-refractivity contribution is -0.133. The summed E-state index contributed by atoms with van der Waals surface area (Å²) in [6.45, 7) is 7.47. The number of hydrogen-bond acceptors (Lipinski definition) is 5. The Kier molecular flexibility index (Phi) is 5.39. The second-order valence-corrected chi connectivity index (χ2v) is 5.96. The predicted molar refractivity (Wildman–Crippen MR) is 88.6 cm³/mol. The molecule has 0 spiro atoms. The van der Waals surface area contributed by atoms with Crippen LogP contribution in [0, 0.1) is 27.7 Å². The van der Waals surface area contributed by atoms with Gasteiger partial charge >= 0.3 is 5.97 Å². The summed E-state index contributed by atoms with van der Waals surface area (Å²) in [4.78, 5) is 25.8. The van der Waals surface area contributed by atoms with Crippen LogP contribution in [0.5, 0.6) is 0 Å². The van der Waals surface area contributed by atoms with Crippen LogP contribution in [0.2, 0.25) is 0 Å². The summed E-state index contributed by atoms with van der Waals surface area (Å²) in [6.07, 6.45) is 0. The first-order valence-electron chi connectivity index (χ1n) is 7.69. The van der Waals surface area contributed by atoms with Gasteiger partial charge in [0.1, 0.15) is 11.3 Å². The Bertz CT molecular complexity index is 745. The number of esters is 1. The van der Waals surface area contributed by atoms with Crippen molar-refractivity contribution in [2.45, 2.75) is 34.2 Å². The van der Waals surface area contributed by atoms with E-state index in [1.807, 2.05) is 26.0 Å². The minimum absolute atomic E-state index is 0.268. The van der Waals surface area contributed by atoms with Crippen LogP contribution in [-0.2, 0) is 16.1 Å². The number of aromatic nitrogens is 1. The van der Waals surface area contributed by atoms with Crippen LogP contribution in [0.4, 0.5) is 0 Å². The van der Waals surface area contributed by atoms with Crippen molar-refractivity contribution in [2.24, 2.45) is 0 Å². The Morgan fingerprint density at radius 3 is 2.50 bits per heavy atom. The molecule has 0 unspecified atom stereocenters. The van der Waals surface area contributed by atoms with E-state index >= 15 is 0 Å². The highest BCUT2D eigenvalue weighted by Crippen LogP contribution is 2.14. The molecule has 24 heavy (non-hydrogen) atoms. The molecule has 0 saturated carbocycles. The molecule has 6 nitrogen and oxygen atoms in total. The maximum Gasteiger partial charge on any atom is 0.344 e. The highest BCUT2D eigenvalue weighted by Gasteiger charge is 2.21. The number of rotatable bonds is 5. The average Bonchev–Trinajstić information content (AvgIpc) is 2.86. The van der Waals surface area contributed by atoms with Gasteiger partial charge < -0.3 is 14.2 Å². The summed E-state index contributed by atoms with van der Waals surface area (Å²) in [5, 5.41) is 3.70. The van der Waals surface area contributed by atoms with Gasteiger partial charge in [-0.05, 0) is 38.8 Å². The third kappa shape index (κ3) is 4.01. The minimum atomic E-state index is -0.598. The van der Waals surface area contributed by atoms with Gasteiger partial charge in [-0.3, -0.25) is 4.79 Å². The maximum absolute atomic E-state index is 12.2. The van der Waals surface area contributed by atoms with Crippen molar-refractivity contribution in [2.75, 3.05) is 13.7 Å². The lowest BCUT2D eigenvalue weighted by atomic mass is 10.1. The van der Waals surface area contributed by atoms with Crippen LogP contribution in [0.25, 0.3) is 0 Å². The minimum Gasteiger partial charge on any atom is -0.452 e. The monoisotopic (exact) mass is 330 g/mol. The second-order valence-electron chi connectivity index (χ2n) is 5.96. The number of benzene rings is 1. The Balaban J connectivity index is 1.93. The van der Waals surface area contributed by atoms with Gasteiger partial charge in [-0.25, -0.2) is 4.79 Å². The molecular formula is C18H22N2O4. The molecule has 0 N–H and O–H groups in total. The molecule has 1 aromatic heterocycles. The predicted octanol–water partition coefficient (Wildman–Crippen LogP) is 2.72. The number of ether oxygens (including phenoxy) is 1. The highest BCUT2D eigenvalue weighted by molar-refractivity contribution is 5.93. The molecule has 2 aromatic rings. The fourth-order valence-electron chi connectivity index (χ4n) is 2.45. The first-order chi connectivity index (χ1) is 11.3. The van der Waals surface area contributed by atoms with E-state index in [9.17, 15) is 9.59 Å². The zero-order valence-corrected chi connectivity index (χ0v) is 14.7. The summed E-state index contributed by atoms with van der Waals surface area (Å²) in [5.41, 5.74) is 4.10. The fraction of sp³-hybridized carbons (Fsp3) is 0.389. The first-order valence-corrected chi connectivity index (χ1v) is 7.69. The normalized spacial score (nSPS) is 10.5. The number of carbonyl (C=O) groups excluding carboxylic acids is 2. The molecule has 0 aliphatic heterocycles. The van der Waals surface area contributed by atoms with Crippen molar-refractivity contribution in [1.29, 1.82) is 0 Å². The second kappa shape index (κ2) is 7.29. The highest BCUT2D eigenvalue weighted by atomic mass is 16.5. The van der Waals surface area contributed by atoms with Crippen molar-refractivity contribution >= 4 is 11.9 Å². The van der Waals surface area contributed by atoms with E-state index in [4.69, 9.17) is 9.26 Å². The lowest BCUT2D eigenvalue weighted by Gasteiger charge is -2.18. The molecular weight excluding hydrogens is 308 g/mol. The van der Waals surface area contributed by atoms with Crippen molar-refractivity contribution in [3.63, 3.8) is 0 Å². The zero-order valence-electron chi connectivity index (χ0n) is 14.7. The van der Waals surface area contributed by atoms with Crippen molar-refractivity contribution in [1.82, 2.24) is 10.1 Å². The van der Waals surface area contributed by atoms with Crippen molar-refractivity contribution in [3.8, 4) is 0 Å². The molecule has 128 valence electrons. The van der Waals surface area contributed by atoms with Gasteiger partial charge in [0, 0.05) is 13.6 Å². The summed E-state index contributed by atoms with van der Waals surface area (Å²) >= 11 is 0. The number of nitrogens with zero attached hydrogens (tertiary/aromatic N) is 2. The molecule has 0 aliphatic rings. The molecule has 0 radical (unpaired) electrons. The number of carbonyl (C=O) groups is 2. The number of amides is 1. The van der Waals surface area contributed by atoms with Crippen LogP contribution in [0.3, 0.4) is 0 Å². The third-order valence-electron chi connectivity index (χ3n) is 3.90. The molecule has 0 saturated heterocycles. The van der Waals surface area contributed by atoms with Gasteiger partial charge in [0.25, 0.3) is 5.91 Å². The summed E-state index contributed by atoms with van der Waals surface area (Å²) < 4.78 is 10.0. The van der Waals surface area contributed by atoms with Gasteiger partial charge in [-0.15, -0.1) is 0 Å². The van der Waals surface area contributed by atoms with E-state index < -0.39 is 5.97 Å². The van der Waals surface area contributed by atoms with Crippen LogP contribution in [-0.4, -0.2) is 35.6 Å². The molecule has 1 amide bonds. The van der Waals surface area contributed by atoms with Gasteiger partial charge in [0.05, 0.1) is 5.69 Å². The average molecular weight is 330 g/mol. The molecule has 1 aromatic carbocycles. The Morgan fingerprint density at radius 2 is 1.92 bits per heavy atom. The van der Waals surface area contributed by atoms with Crippen molar-refractivity contribution < 1.29 is 18.8 Å². The number of hydrogen-bond donors (Lipinski definition) is 0. The molecule has 0 atom stereocenters. The van der Waals surface area contributed by atoms with Gasteiger partial charge in [-0.1, -0.05) is 28.9 Å². The van der Waals surface area contributed by atoms with E-state index in [-0.39, 0.29) is 18.1 Å². The summed E-state index contributed by atoms with van der Waals surface area (Å²) in [6, 6.07) is 6.09. The van der Waals surface area contributed by atoms with E-state index in [0.717, 1.165) is 11.1 Å². The number of likely N-dealkylation sites (N-methyl/N-ethyl adjacent to an activating group) is 1. The fourth-order valence-corrected chi connectivity index (χ4v) is 2.45. The van der Waals surface area contributed by atoms with E-state index in [0.29, 0.717) is 18.0 Å². The Hall–Kier alpha value is -2.63. The van der Waals surface area contributed by atoms with Gasteiger partial charge in [0.15, 0.2) is 6.61 Å². The maximum atomic E-state index is 12.2. The van der Waals surface area contributed by atoms with Crippen molar-refractivity contribution in [3.05, 3.63) is 51.9 Å². The standard InChI is InChI=1S/C18H22N2O4/c1-11-6-7-15(12(2)8-11)9-20(5)16(21)10-23-18(22)17-13(3)19-24-14(17)4/h6-8H,9-10H2,1-5H3.